The van der Waals surface area contributed by atoms with Crippen LogP contribution in [-0.4, -0.2) is 35.6 Å². The third kappa shape index (κ3) is 3.70. The molecule has 0 aromatic heterocycles. The number of nitrogens with one attached hydrogen (secondary N) is 2. The molecule has 0 aromatic rings. The Bertz CT molecular complexity index is 307. The number of rotatable bonds is 5. The van der Waals surface area contributed by atoms with E-state index in [9.17, 15) is 9.59 Å². The number of carboxylic acids is 1. The fourth-order valence-electron chi connectivity index (χ4n) is 2.33. The van der Waals surface area contributed by atoms with Gasteiger partial charge in [-0.2, -0.15) is 0 Å². The Hall–Kier alpha value is -1.10. The summed E-state index contributed by atoms with van der Waals surface area (Å²) in [5, 5.41) is 15.0. The van der Waals surface area contributed by atoms with Gasteiger partial charge in [0, 0.05) is 0 Å². The Labute approximate surface area is 108 Å². The Morgan fingerprint density at radius 2 is 2.17 bits per heavy atom. The highest BCUT2D eigenvalue weighted by molar-refractivity contribution is 5.87. The molecule has 4 atom stereocenters. The SMILES string of the molecule is CCC(C)[C@H](NC(=O)C1NCCCC1C)C(=O)O. The minimum absolute atomic E-state index is 0.0645. The van der Waals surface area contributed by atoms with Crippen molar-refractivity contribution in [2.45, 2.75) is 52.1 Å². The van der Waals surface area contributed by atoms with Crippen molar-refractivity contribution in [2.75, 3.05) is 6.54 Å². The minimum Gasteiger partial charge on any atom is -0.480 e. The fraction of sp³-hybridized carbons (Fsp3) is 0.846. The normalized spacial score (nSPS) is 27.3. The van der Waals surface area contributed by atoms with E-state index in [1.807, 2.05) is 20.8 Å². The second kappa shape index (κ2) is 6.73. The van der Waals surface area contributed by atoms with Gasteiger partial charge in [-0.1, -0.05) is 27.2 Å². The number of carboxylic acid groups (broad SMARTS) is 1. The standard InChI is InChI=1S/C13H24N2O3/c1-4-8(2)11(13(17)18)15-12(16)10-9(3)6-5-7-14-10/h8-11,14H,4-7H2,1-3H3,(H,15,16)(H,17,18)/t8?,9?,10?,11-/m0/s1. The maximum atomic E-state index is 12.1. The Kier molecular flexibility index (Phi) is 5.59. The molecule has 1 rings (SSSR count). The fourth-order valence-corrected chi connectivity index (χ4v) is 2.33. The number of aliphatic carboxylic acids is 1. The molecule has 0 aromatic carbocycles. The predicted octanol–water partition coefficient (Wildman–Crippen LogP) is 0.990. The smallest absolute Gasteiger partial charge is 0.326 e. The van der Waals surface area contributed by atoms with Gasteiger partial charge in [0.1, 0.15) is 6.04 Å². The molecule has 1 fully saturated rings. The quantitative estimate of drug-likeness (QED) is 0.685. The summed E-state index contributed by atoms with van der Waals surface area (Å²) >= 11 is 0. The van der Waals surface area contributed by atoms with Crippen LogP contribution in [0, 0.1) is 11.8 Å². The van der Waals surface area contributed by atoms with E-state index in [2.05, 4.69) is 10.6 Å². The van der Waals surface area contributed by atoms with Crippen LogP contribution < -0.4 is 10.6 Å². The lowest BCUT2D eigenvalue weighted by atomic mass is 9.91. The zero-order chi connectivity index (χ0) is 13.7. The molecule has 5 heteroatoms. The topological polar surface area (TPSA) is 78.4 Å². The molecule has 3 unspecified atom stereocenters. The van der Waals surface area contributed by atoms with Crippen LogP contribution >= 0.6 is 0 Å². The van der Waals surface area contributed by atoms with Gasteiger partial charge in [-0.15, -0.1) is 0 Å². The van der Waals surface area contributed by atoms with Gasteiger partial charge in [-0.25, -0.2) is 4.79 Å². The van der Waals surface area contributed by atoms with E-state index < -0.39 is 12.0 Å². The monoisotopic (exact) mass is 256 g/mol. The summed E-state index contributed by atoms with van der Waals surface area (Å²) < 4.78 is 0. The summed E-state index contributed by atoms with van der Waals surface area (Å²) in [5.74, 6) is -0.952. The second-order valence-corrected chi connectivity index (χ2v) is 5.26. The lowest BCUT2D eigenvalue weighted by Crippen LogP contribution is -2.55. The summed E-state index contributed by atoms with van der Waals surface area (Å²) in [4.78, 5) is 23.3. The van der Waals surface area contributed by atoms with Crippen LogP contribution in [-0.2, 0) is 9.59 Å². The molecule has 1 aliphatic heterocycles. The van der Waals surface area contributed by atoms with Crippen molar-refractivity contribution in [3.05, 3.63) is 0 Å². The highest BCUT2D eigenvalue weighted by Crippen LogP contribution is 2.16. The molecule has 1 saturated heterocycles. The average Bonchev–Trinajstić information content (AvgIpc) is 2.35. The second-order valence-electron chi connectivity index (χ2n) is 5.26. The highest BCUT2D eigenvalue weighted by Gasteiger charge is 2.32. The summed E-state index contributed by atoms with van der Waals surface area (Å²) in [7, 11) is 0. The van der Waals surface area contributed by atoms with Gasteiger partial charge in [0.25, 0.3) is 0 Å². The van der Waals surface area contributed by atoms with Crippen LogP contribution in [0.5, 0.6) is 0 Å². The van der Waals surface area contributed by atoms with Crippen molar-refractivity contribution in [1.29, 1.82) is 0 Å². The van der Waals surface area contributed by atoms with Gasteiger partial charge in [0.2, 0.25) is 5.91 Å². The van der Waals surface area contributed by atoms with E-state index in [1.165, 1.54) is 0 Å². The first-order valence-corrected chi connectivity index (χ1v) is 6.74. The van der Waals surface area contributed by atoms with Crippen molar-refractivity contribution < 1.29 is 14.7 Å². The zero-order valence-electron chi connectivity index (χ0n) is 11.4. The largest absolute Gasteiger partial charge is 0.480 e. The molecular weight excluding hydrogens is 232 g/mol. The number of carbonyl (C=O) groups is 2. The van der Waals surface area contributed by atoms with Gasteiger partial charge in [0.05, 0.1) is 6.04 Å². The van der Waals surface area contributed by atoms with Crippen molar-refractivity contribution in [3.63, 3.8) is 0 Å². The Balaban J connectivity index is 2.63. The highest BCUT2D eigenvalue weighted by atomic mass is 16.4. The molecule has 0 aliphatic carbocycles. The van der Waals surface area contributed by atoms with Gasteiger partial charge in [-0.05, 0) is 31.2 Å². The van der Waals surface area contributed by atoms with E-state index in [0.717, 1.165) is 25.8 Å². The van der Waals surface area contributed by atoms with E-state index >= 15 is 0 Å². The summed E-state index contributed by atoms with van der Waals surface area (Å²) in [6, 6.07) is -1.05. The van der Waals surface area contributed by atoms with Crippen molar-refractivity contribution in [2.24, 2.45) is 11.8 Å². The molecule has 0 spiro atoms. The van der Waals surface area contributed by atoms with E-state index in [4.69, 9.17) is 5.11 Å². The van der Waals surface area contributed by atoms with Gasteiger partial charge in [0.15, 0.2) is 0 Å². The van der Waals surface area contributed by atoms with Gasteiger partial charge >= 0.3 is 5.97 Å². The maximum Gasteiger partial charge on any atom is 0.326 e. The van der Waals surface area contributed by atoms with Gasteiger partial charge < -0.3 is 15.7 Å². The molecule has 1 amide bonds. The van der Waals surface area contributed by atoms with E-state index in [-0.39, 0.29) is 23.8 Å². The number of amides is 1. The van der Waals surface area contributed by atoms with Crippen LogP contribution in [0.3, 0.4) is 0 Å². The molecule has 0 saturated carbocycles. The molecule has 104 valence electrons. The minimum atomic E-state index is -0.957. The molecule has 0 radical (unpaired) electrons. The van der Waals surface area contributed by atoms with Crippen LogP contribution in [0.2, 0.25) is 0 Å². The predicted molar refractivity (Wildman–Crippen MR) is 69.2 cm³/mol. The molecule has 1 aliphatic rings. The maximum absolute atomic E-state index is 12.1. The summed E-state index contributed by atoms with van der Waals surface area (Å²) in [6.45, 7) is 6.62. The third-order valence-corrected chi connectivity index (χ3v) is 3.83. The summed E-state index contributed by atoms with van der Waals surface area (Å²) in [5.41, 5.74) is 0. The molecule has 5 nitrogen and oxygen atoms in total. The van der Waals surface area contributed by atoms with Crippen molar-refractivity contribution >= 4 is 11.9 Å². The Morgan fingerprint density at radius 1 is 1.50 bits per heavy atom. The first-order valence-electron chi connectivity index (χ1n) is 6.74. The molecule has 18 heavy (non-hydrogen) atoms. The molecule has 1 heterocycles. The van der Waals surface area contributed by atoms with Gasteiger partial charge in [-0.3, -0.25) is 4.79 Å². The first kappa shape index (κ1) is 15.0. The van der Waals surface area contributed by atoms with Crippen molar-refractivity contribution in [3.8, 4) is 0 Å². The average molecular weight is 256 g/mol. The van der Waals surface area contributed by atoms with E-state index in [1.54, 1.807) is 0 Å². The number of hydrogen-bond donors (Lipinski definition) is 3. The molecule has 3 N–H and O–H groups in total. The van der Waals surface area contributed by atoms with Crippen LogP contribution in [0.15, 0.2) is 0 Å². The van der Waals surface area contributed by atoms with Crippen molar-refractivity contribution in [1.82, 2.24) is 10.6 Å². The molecular formula is C13H24N2O3. The third-order valence-electron chi connectivity index (χ3n) is 3.83. The molecule has 0 bridgehead atoms. The van der Waals surface area contributed by atoms with Crippen LogP contribution in [0.25, 0.3) is 0 Å². The lowest BCUT2D eigenvalue weighted by molar-refractivity contribution is -0.144. The Morgan fingerprint density at radius 3 is 2.67 bits per heavy atom. The van der Waals surface area contributed by atoms with Crippen LogP contribution in [0.4, 0.5) is 0 Å². The number of hydrogen-bond acceptors (Lipinski definition) is 3. The van der Waals surface area contributed by atoms with Crippen LogP contribution in [0.1, 0.15) is 40.0 Å². The lowest BCUT2D eigenvalue weighted by Gasteiger charge is -2.31. The summed E-state index contributed by atoms with van der Waals surface area (Å²) in [6.07, 6.45) is 2.80. The number of piperidine rings is 1. The van der Waals surface area contributed by atoms with E-state index in [0.29, 0.717) is 0 Å². The first-order chi connectivity index (χ1) is 8.47. The zero-order valence-corrected chi connectivity index (χ0v) is 11.4. The number of carbonyl (C=O) groups excluding carboxylic acids is 1.